The number of amides is 1. The summed E-state index contributed by atoms with van der Waals surface area (Å²) in [5, 5.41) is 9.96. The summed E-state index contributed by atoms with van der Waals surface area (Å²) >= 11 is 18.2. The van der Waals surface area contributed by atoms with Gasteiger partial charge in [0.25, 0.3) is 5.91 Å². The van der Waals surface area contributed by atoms with E-state index in [0.29, 0.717) is 32.0 Å². The van der Waals surface area contributed by atoms with Crippen LogP contribution in [0.2, 0.25) is 10.0 Å². The van der Waals surface area contributed by atoms with E-state index < -0.39 is 18.4 Å². The topological polar surface area (TPSA) is 76.1 Å². The first-order valence-corrected chi connectivity index (χ1v) is 10.5. The average Bonchev–Trinajstić information content (AvgIpc) is 2.95. The van der Waals surface area contributed by atoms with Crippen LogP contribution in [0.5, 0.6) is 11.5 Å². The van der Waals surface area contributed by atoms with E-state index >= 15 is 0 Å². The molecule has 10 heteroatoms. The first kappa shape index (κ1) is 22.4. The van der Waals surface area contributed by atoms with E-state index in [1.807, 2.05) is 0 Å². The number of hydrogen-bond donors (Lipinski definition) is 1. The Bertz CT molecular complexity index is 1060. The van der Waals surface area contributed by atoms with Crippen LogP contribution in [0.4, 0.5) is 0 Å². The highest BCUT2D eigenvalue weighted by Crippen LogP contribution is 2.35. The molecule has 1 aliphatic rings. The van der Waals surface area contributed by atoms with Crippen LogP contribution in [0, 0.1) is 0 Å². The molecule has 0 aromatic heterocycles. The van der Waals surface area contributed by atoms with Crippen LogP contribution in [0.25, 0.3) is 6.08 Å². The van der Waals surface area contributed by atoms with Crippen molar-refractivity contribution in [1.82, 2.24) is 4.90 Å². The summed E-state index contributed by atoms with van der Waals surface area (Å²) in [5.41, 5.74) is 1.45. The Morgan fingerprint density at radius 3 is 2.67 bits per heavy atom. The Morgan fingerprint density at radius 2 is 2.00 bits per heavy atom. The number of halogens is 2. The fraction of sp³-hybridized carbons (Fsp3) is 0.150. The maximum absolute atomic E-state index is 12.4. The lowest BCUT2D eigenvalue weighted by Crippen LogP contribution is -2.33. The SMILES string of the molecule is COc1cc(C=C2SC(=S)N(CC(=O)O)C2=O)ccc1OCc1ccc(Cl)cc1Cl. The van der Waals surface area contributed by atoms with Gasteiger partial charge in [-0.3, -0.25) is 14.5 Å². The molecule has 3 rings (SSSR count). The van der Waals surface area contributed by atoms with Gasteiger partial charge in [-0.05, 0) is 35.9 Å². The molecule has 0 unspecified atom stereocenters. The maximum atomic E-state index is 12.4. The number of rotatable bonds is 7. The van der Waals surface area contributed by atoms with Crippen molar-refractivity contribution in [1.29, 1.82) is 0 Å². The van der Waals surface area contributed by atoms with Crippen LogP contribution >= 0.6 is 47.2 Å². The highest BCUT2D eigenvalue weighted by Gasteiger charge is 2.33. The molecule has 0 spiro atoms. The largest absolute Gasteiger partial charge is 0.493 e. The van der Waals surface area contributed by atoms with Gasteiger partial charge in [0, 0.05) is 15.6 Å². The van der Waals surface area contributed by atoms with E-state index in [9.17, 15) is 9.59 Å². The summed E-state index contributed by atoms with van der Waals surface area (Å²) in [4.78, 5) is 24.7. The number of aliphatic carboxylic acids is 1. The van der Waals surface area contributed by atoms with Gasteiger partial charge in [0.1, 0.15) is 17.5 Å². The van der Waals surface area contributed by atoms with E-state index in [1.165, 1.54) is 7.11 Å². The molecule has 0 bridgehead atoms. The van der Waals surface area contributed by atoms with Gasteiger partial charge in [0.05, 0.1) is 12.0 Å². The number of carbonyl (C=O) groups excluding carboxylic acids is 1. The summed E-state index contributed by atoms with van der Waals surface area (Å²) < 4.78 is 11.4. The number of methoxy groups -OCH3 is 1. The number of nitrogens with zero attached hydrogens (tertiary/aromatic N) is 1. The fourth-order valence-corrected chi connectivity index (χ4v) is 4.33. The standard InChI is InChI=1S/C20H15Cl2NO5S2/c1-27-16-6-11(7-17-19(26)23(9-18(24)25)20(29)30-17)2-5-15(16)28-10-12-3-4-13(21)8-14(12)22/h2-8H,9-10H2,1H3,(H,24,25). The van der Waals surface area contributed by atoms with Crippen LogP contribution in [0.3, 0.4) is 0 Å². The fourth-order valence-electron chi connectivity index (χ4n) is 2.61. The zero-order valence-electron chi connectivity index (χ0n) is 15.6. The van der Waals surface area contributed by atoms with Gasteiger partial charge in [-0.1, -0.05) is 59.3 Å². The van der Waals surface area contributed by atoms with E-state index in [-0.39, 0.29) is 10.9 Å². The monoisotopic (exact) mass is 483 g/mol. The highest BCUT2D eigenvalue weighted by atomic mass is 35.5. The minimum Gasteiger partial charge on any atom is -0.493 e. The maximum Gasteiger partial charge on any atom is 0.323 e. The molecule has 1 N–H and O–H groups in total. The molecule has 2 aromatic carbocycles. The minimum absolute atomic E-state index is 0.209. The Labute approximate surface area is 192 Å². The number of thiocarbonyl (C=S) groups is 1. The average molecular weight is 484 g/mol. The van der Waals surface area contributed by atoms with Crippen LogP contribution in [0.15, 0.2) is 41.3 Å². The molecule has 156 valence electrons. The van der Waals surface area contributed by atoms with Crippen LogP contribution in [-0.4, -0.2) is 39.9 Å². The summed E-state index contributed by atoms with van der Waals surface area (Å²) in [6.07, 6.45) is 1.63. The smallest absolute Gasteiger partial charge is 0.323 e. The van der Waals surface area contributed by atoms with Gasteiger partial charge in [-0.2, -0.15) is 0 Å². The van der Waals surface area contributed by atoms with Crippen molar-refractivity contribution in [2.45, 2.75) is 6.61 Å². The van der Waals surface area contributed by atoms with Crippen LogP contribution < -0.4 is 9.47 Å². The molecule has 30 heavy (non-hydrogen) atoms. The number of hydrogen-bond acceptors (Lipinski definition) is 6. The van der Waals surface area contributed by atoms with E-state index in [0.717, 1.165) is 22.2 Å². The first-order chi connectivity index (χ1) is 14.3. The van der Waals surface area contributed by atoms with Gasteiger partial charge in [-0.15, -0.1) is 0 Å². The van der Waals surface area contributed by atoms with Crippen molar-refractivity contribution in [2.75, 3.05) is 13.7 Å². The second-order valence-corrected chi connectivity index (χ2v) is 8.62. The molecule has 0 saturated carbocycles. The third-order valence-electron chi connectivity index (χ3n) is 4.05. The molecule has 1 heterocycles. The normalized spacial score (nSPS) is 15.0. The van der Waals surface area contributed by atoms with Gasteiger partial charge in [-0.25, -0.2) is 0 Å². The van der Waals surface area contributed by atoms with Crippen molar-refractivity contribution in [3.05, 3.63) is 62.5 Å². The molecule has 0 radical (unpaired) electrons. The second-order valence-electron chi connectivity index (χ2n) is 6.10. The van der Waals surface area contributed by atoms with Crippen molar-refractivity contribution in [3.63, 3.8) is 0 Å². The Balaban J connectivity index is 1.77. The number of carbonyl (C=O) groups is 2. The van der Waals surface area contributed by atoms with Gasteiger partial charge >= 0.3 is 5.97 Å². The Hall–Kier alpha value is -2.26. The first-order valence-electron chi connectivity index (χ1n) is 8.50. The predicted octanol–water partition coefficient (Wildman–Crippen LogP) is 4.87. The number of carboxylic acid groups (broad SMARTS) is 1. The predicted molar refractivity (Wildman–Crippen MR) is 121 cm³/mol. The summed E-state index contributed by atoms with van der Waals surface area (Å²) in [6.45, 7) is -0.245. The lowest BCUT2D eigenvalue weighted by atomic mass is 10.1. The van der Waals surface area contributed by atoms with E-state index in [4.69, 9.17) is 50.0 Å². The molecule has 6 nitrogen and oxygen atoms in total. The Morgan fingerprint density at radius 1 is 1.23 bits per heavy atom. The zero-order valence-corrected chi connectivity index (χ0v) is 18.7. The van der Waals surface area contributed by atoms with Crippen molar-refractivity contribution >= 4 is 69.5 Å². The highest BCUT2D eigenvalue weighted by molar-refractivity contribution is 8.26. The van der Waals surface area contributed by atoms with Crippen molar-refractivity contribution < 1.29 is 24.2 Å². The molecular formula is C20H15Cl2NO5S2. The third kappa shape index (κ3) is 5.26. The van der Waals surface area contributed by atoms with Crippen molar-refractivity contribution in [3.8, 4) is 11.5 Å². The Kier molecular flexibility index (Phi) is 7.25. The number of benzene rings is 2. The summed E-state index contributed by atoms with van der Waals surface area (Å²) in [7, 11) is 1.51. The van der Waals surface area contributed by atoms with Gasteiger partial charge in [0.15, 0.2) is 11.5 Å². The molecule has 1 amide bonds. The number of carboxylic acids is 1. The molecular weight excluding hydrogens is 469 g/mol. The molecule has 0 atom stereocenters. The molecule has 0 aliphatic carbocycles. The van der Waals surface area contributed by atoms with Gasteiger partial charge < -0.3 is 14.6 Å². The molecule has 1 saturated heterocycles. The van der Waals surface area contributed by atoms with E-state index in [2.05, 4.69) is 0 Å². The molecule has 2 aromatic rings. The number of thioether (sulfide) groups is 1. The minimum atomic E-state index is -1.13. The number of ether oxygens (including phenoxy) is 2. The summed E-state index contributed by atoms with van der Waals surface area (Å²) in [6, 6.07) is 10.3. The lowest BCUT2D eigenvalue weighted by molar-refractivity contribution is -0.140. The van der Waals surface area contributed by atoms with Crippen molar-refractivity contribution in [2.24, 2.45) is 0 Å². The molecule has 1 fully saturated rings. The van der Waals surface area contributed by atoms with Crippen LogP contribution in [-0.2, 0) is 16.2 Å². The van der Waals surface area contributed by atoms with E-state index in [1.54, 1.807) is 42.5 Å². The second kappa shape index (κ2) is 9.70. The quantitative estimate of drug-likeness (QED) is 0.444. The lowest BCUT2D eigenvalue weighted by Gasteiger charge is -2.12. The third-order valence-corrected chi connectivity index (χ3v) is 6.02. The molecule has 1 aliphatic heterocycles. The summed E-state index contributed by atoms with van der Waals surface area (Å²) in [5.74, 6) is -0.602. The van der Waals surface area contributed by atoms with Gasteiger partial charge in [0.2, 0.25) is 0 Å². The van der Waals surface area contributed by atoms with Crippen LogP contribution in [0.1, 0.15) is 11.1 Å². The zero-order chi connectivity index (χ0) is 21.8.